The predicted octanol–water partition coefficient (Wildman–Crippen LogP) is 4.52. The number of esters is 1. The Kier molecular flexibility index (Phi) is 9.08. The summed E-state index contributed by atoms with van der Waals surface area (Å²) < 4.78 is 11.8. The molecule has 0 heterocycles. The van der Waals surface area contributed by atoms with Gasteiger partial charge in [-0.3, -0.25) is 4.79 Å². The predicted molar refractivity (Wildman–Crippen MR) is 128 cm³/mol. The van der Waals surface area contributed by atoms with E-state index in [1.807, 2.05) is 12.1 Å². The van der Waals surface area contributed by atoms with Gasteiger partial charge in [0, 0.05) is 5.69 Å². The number of anilines is 1. The van der Waals surface area contributed by atoms with Crippen LogP contribution in [0.15, 0.2) is 42.0 Å². The quantitative estimate of drug-likeness (QED) is 0.209. The molecule has 0 unspecified atom stereocenters. The highest BCUT2D eigenvalue weighted by molar-refractivity contribution is 14.1. The van der Waals surface area contributed by atoms with E-state index in [0.717, 1.165) is 7.14 Å². The van der Waals surface area contributed by atoms with Crippen LogP contribution < -0.4 is 10.1 Å². The molecular weight excluding hydrogens is 612 g/mol. The number of benzene rings is 2. The van der Waals surface area contributed by atoms with E-state index < -0.39 is 11.9 Å². The fraction of sp³-hybridized carbons (Fsp3) is 0.143. The highest BCUT2D eigenvalue weighted by atomic mass is 127. The third-order valence-electron chi connectivity index (χ3n) is 3.63. The Labute approximate surface area is 200 Å². The van der Waals surface area contributed by atoms with Crippen LogP contribution in [0.4, 0.5) is 5.69 Å². The van der Waals surface area contributed by atoms with Crippen molar-refractivity contribution in [1.82, 2.24) is 0 Å². The molecule has 0 fully saturated rings. The molecule has 2 aromatic carbocycles. The summed E-state index contributed by atoms with van der Waals surface area (Å²) in [5.74, 6) is -0.435. The fourth-order valence-corrected chi connectivity index (χ4v) is 4.45. The smallest absolute Gasteiger partial charge is 0.338 e. The first-order valence-corrected chi connectivity index (χ1v) is 10.7. The van der Waals surface area contributed by atoms with Gasteiger partial charge in [0.15, 0.2) is 6.61 Å². The summed E-state index contributed by atoms with van der Waals surface area (Å²) in [6.45, 7) is 1.93. The van der Waals surface area contributed by atoms with E-state index >= 15 is 0 Å². The number of ether oxygens (including phenoxy) is 2. The van der Waals surface area contributed by atoms with Gasteiger partial charge >= 0.3 is 5.97 Å². The molecule has 0 aliphatic rings. The van der Waals surface area contributed by atoms with Crippen molar-refractivity contribution in [2.75, 3.05) is 18.5 Å². The van der Waals surface area contributed by atoms with E-state index in [-0.39, 0.29) is 18.8 Å². The molecule has 0 atom stereocenters. The van der Waals surface area contributed by atoms with Crippen LogP contribution in [0.5, 0.6) is 5.75 Å². The van der Waals surface area contributed by atoms with Gasteiger partial charge in [-0.15, -0.1) is 0 Å². The minimum atomic E-state index is -0.573. The first-order chi connectivity index (χ1) is 14.4. The van der Waals surface area contributed by atoms with Crippen LogP contribution in [0.2, 0.25) is 0 Å². The van der Waals surface area contributed by atoms with E-state index in [0.29, 0.717) is 22.6 Å². The Balaban J connectivity index is 2.18. The van der Waals surface area contributed by atoms with Crippen molar-refractivity contribution in [2.45, 2.75) is 6.92 Å². The van der Waals surface area contributed by atoms with Crippen molar-refractivity contribution in [1.29, 1.82) is 10.5 Å². The summed E-state index contributed by atoms with van der Waals surface area (Å²) in [6, 6.07) is 13.5. The van der Waals surface area contributed by atoms with Gasteiger partial charge < -0.3 is 14.8 Å². The molecule has 0 bridgehead atoms. The summed E-state index contributed by atoms with van der Waals surface area (Å²) in [5.41, 5.74) is 1.38. The number of carbonyl (C=O) groups is 2. The lowest BCUT2D eigenvalue weighted by Gasteiger charge is -2.09. The number of nitrogens with zero attached hydrogens (tertiary/aromatic N) is 2. The van der Waals surface area contributed by atoms with Crippen molar-refractivity contribution in [3.63, 3.8) is 0 Å². The third-order valence-corrected chi connectivity index (χ3v) is 5.23. The molecule has 0 aliphatic heterocycles. The van der Waals surface area contributed by atoms with Crippen LogP contribution in [-0.2, 0) is 9.53 Å². The lowest BCUT2D eigenvalue weighted by atomic mass is 10.1. The number of amides is 1. The number of nitriles is 2. The molecule has 2 aromatic rings. The Morgan fingerprint density at radius 3 is 2.30 bits per heavy atom. The second-order valence-electron chi connectivity index (χ2n) is 5.68. The summed E-state index contributed by atoms with van der Waals surface area (Å²) in [5, 5.41) is 20.7. The second kappa shape index (κ2) is 11.5. The van der Waals surface area contributed by atoms with Crippen LogP contribution in [-0.4, -0.2) is 25.1 Å². The van der Waals surface area contributed by atoms with Crippen molar-refractivity contribution in [3.05, 3.63) is 60.2 Å². The van der Waals surface area contributed by atoms with Crippen molar-refractivity contribution in [3.8, 4) is 17.9 Å². The molecular formula is C21H15I2N3O4. The molecule has 2 rings (SSSR count). The van der Waals surface area contributed by atoms with Gasteiger partial charge in [-0.2, -0.15) is 10.5 Å². The summed E-state index contributed by atoms with van der Waals surface area (Å²) in [7, 11) is 0. The van der Waals surface area contributed by atoms with Gasteiger partial charge in [0.25, 0.3) is 5.91 Å². The lowest BCUT2D eigenvalue weighted by Crippen LogP contribution is -2.13. The average Bonchev–Trinajstić information content (AvgIpc) is 2.72. The number of halogens is 2. The second-order valence-corrected chi connectivity index (χ2v) is 8.01. The Hall–Kier alpha value is -2.64. The minimum Gasteiger partial charge on any atom is -0.477 e. The van der Waals surface area contributed by atoms with Gasteiger partial charge in [0.2, 0.25) is 0 Å². The molecule has 9 heteroatoms. The molecule has 30 heavy (non-hydrogen) atoms. The zero-order valence-corrected chi connectivity index (χ0v) is 20.1. The molecule has 1 amide bonds. The number of nitrogens with one attached hydrogen (secondary N) is 1. The van der Waals surface area contributed by atoms with E-state index in [2.05, 4.69) is 50.5 Å². The summed E-state index contributed by atoms with van der Waals surface area (Å²) >= 11 is 4.14. The molecule has 0 spiro atoms. The largest absolute Gasteiger partial charge is 0.477 e. The molecule has 0 aliphatic carbocycles. The molecule has 0 aromatic heterocycles. The normalized spacial score (nSPS) is 10.5. The van der Waals surface area contributed by atoms with Crippen LogP contribution in [0.3, 0.4) is 0 Å². The standard InChI is InChI=1S/C21H15I2N3O4/c1-2-29-21(28)14-3-5-16(6-4-14)26-20(27)15(12-25)9-13-10-17(22)19(18(23)11-13)30-8-7-24/h3-6,9-11H,2,8H2,1H3,(H,26,27)/b15-9+. The Bertz CT molecular complexity index is 1040. The number of hydrogen-bond acceptors (Lipinski definition) is 6. The number of carbonyl (C=O) groups excluding carboxylic acids is 2. The number of hydrogen-bond donors (Lipinski definition) is 1. The van der Waals surface area contributed by atoms with Crippen LogP contribution in [0, 0.1) is 29.8 Å². The zero-order valence-electron chi connectivity index (χ0n) is 15.7. The van der Waals surface area contributed by atoms with Gasteiger partial charge in [-0.1, -0.05) is 0 Å². The van der Waals surface area contributed by atoms with Gasteiger partial charge in [-0.25, -0.2) is 4.79 Å². The first kappa shape index (κ1) is 23.6. The van der Waals surface area contributed by atoms with Crippen LogP contribution in [0.25, 0.3) is 6.08 Å². The highest BCUT2D eigenvalue weighted by Crippen LogP contribution is 2.30. The third kappa shape index (κ3) is 6.43. The summed E-state index contributed by atoms with van der Waals surface area (Å²) in [6.07, 6.45) is 1.47. The van der Waals surface area contributed by atoms with Crippen LogP contribution in [0.1, 0.15) is 22.8 Å². The van der Waals surface area contributed by atoms with E-state index in [1.165, 1.54) is 18.2 Å². The minimum absolute atomic E-state index is 0.0675. The molecule has 0 radical (unpaired) electrons. The Morgan fingerprint density at radius 1 is 1.13 bits per heavy atom. The summed E-state index contributed by atoms with van der Waals surface area (Å²) in [4.78, 5) is 24.2. The molecule has 1 N–H and O–H groups in total. The van der Waals surface area contributed by atoms with Crippen LogP contribution >= 0.6 is 45.2 Å². The monoisotopic (exact) mass is 627 g/mol. The fourth-order valence-electron chi connectivity index (χ4n) is 2.32. The molecule has 0 saturated carbocycles. The maximum atomic E-state index is 12.5. The first-order valence-electron chi connectivity index (χ1n) is 8.58. The topological polar surface area (TPSA) is 112 Å². The molecule has 0 saturated heterocycles. The molecule has 7 nitrogen and oxygen atoms in total. The van der Waals surface area contributed by atoms with Gasteiger partial charge in [-0.05, 0) is 100 Å². The van der Waals surface area contributed by atoms with E-state index in [1.54, 1.807) is 31.2 Å². The van der Waals surface area contributed by atoms with E-state index in [9.17, 15) is 14.9 Å². The van der Waals surface area contributed by atoms with Gasteiger partial charge in [0.1, 0.15) is 23.5 Å². The zero-order chi connectivity index (χ0) is 22.1. The maximum absolute atomic E-state index is 12.5. The van der Waals surface area contributed by atoms with Crippen molar-refractivity contribution >= 4 is 68.8 Å². The van der Waals surface area contributed by atoms with E-state index in [4.69, 9.17) is 14.7 Å². The maximum Gasteiger partial charge on any atom is 0.338 e. The van der Waals surface area contributed by atoms with Crippen molar-refractivity contribution in [2.24, 2.45) is 0 Å². The molecule has 152 valence electrons. The highest BCUT2D eigenvalue weighted by Gasteiger charge is 2.13. The Morgan fingerprint density at radius 2 is 1.77 bits per heavy atom. The number of rotatable bonds is 7. The van der Waals surface area contributed by atoms with Gasteiger partial charge in [0.05, 0.1) is 19.3 Å². The SMILES string of the molecule is CCOC(=O)c1ccc(NC(=O)/C(C#N)=C/c2cc(I)c(OCC#N)c(I)c2)cc1. The average molecular weight is 627 g/mol. The van der Waals surface area contributed by atoms with Crippen molar-refractivity contribution < 1.29 is 19.1 Å². The lowest BCUT2D eigenvalue weighted by molar-refractivity contribution is -0.112.